The Hall–Kier alpha value is -1.09. The van der Waals surface area contributed by atoms with Crippen molar-refractivity contribution >= 4 is 5.69 Å². The minimum Gasteiger partial charge on any atom is -0.371 e. The first-order chi connectivity index (χ1) is 10.0. The largest absolute Gasteiger partial charge is 0.371 e. The van der Waals surface area contributed by atoms with Gasteiger partial charge in [-0.25, -0.2) is 4.39 Å². The smallest absolute Gasteiger partial charge is 0.126 e. The second kappa shape index (κ2) is 7.26. The maximum atomic E-state index is 14.0. The number of aryl methyl sites for hydroxylation is 1. The Morgan fingerprint density at radius 1 is 1.29 bits per heavy atom. The molecule has 1 aromatic carbocycles. The third-order valence-corrected chi connectivity index (χ3v) is 4.79. The Kier molecular flexibility index (Phi) is 5.63. The zero-order valence-electron chi connectivity index (χ0n) is 13.9. The van der Waals surface area contributed by atoms with Gasteiger partial charge in [-0.05, 0) is 56.5 Å². The van der Waals surface area contributed by atoms with Crippen LogP contribution in [0.2, 0.25) is 0 Å². The van der Waals surface area contributed by atoms with Crippen molar-refractivity contribution in [3.63, 3.8) is 0 Å². The Labute approximate surface area is 128 Å². The van der Waals surface area contributed by atoms with Gasteiger partial charge in [0.25, 0.3) is 0 Å². The van der Waals surface area contributed by atoms with Gasteiger partial charge in [0.2, 0.25) is 0 Å². The third kappa shape index (κ3) is 3.76. The van der Waals surface area contributed by atoms with E-state index >= 15 is 0 Å². The maximum Gasteiger partial charge on any atom is 0.126 e. The fourth-order valence-electron chi connectivity index (χ4n) is 3.42. The van der Waals surface area contributed by atoms with Crippen molar-refractivity contribution in [3.8, 4) is 0 Å². The van der Waals surface area contributed by atoms with Gasteiger partial charge >= 0.3 is 0 Å². The highest BCUT2D eigenvalue weighted by molar-refractivity contribution is 5.57. The molecule has 1 atom stereocenters. The van der Waals surface area contributed by atoms with E-state index < -0.39 is 0 Å². The fraction of sp³-hybridized carbons (Fsp3) is 0.667. The van der Waals surface area contributed by atoms with Crippen LogP contribution in [-0.2, 0) is 0 Å². The van der Waals surface area contributed by atoms with E-state index in [1.54, 1.807) is 6.07 Å². The van der Waals surface area contributed by atoms with Gasteiger partial charge in [0.1, 0.15) is 5.82 Å². The number of benzene rings is 1. The molecular weight excluding hydrogens is 263 g/mol. The van der Waals surface area contributed by atoms with E-state index in [2.05, 4.69) is 31.1 Å². The van der Waals surface area contributed by atoms with Crippen LogP contribution in [-0.4, -0.2) is 19.6 Å². The van der Waals surface area contributed by atoms with Crippen LogP contribution in [0.3, 0.4) is 0 Å². The average molecular weight is 292 g/mol. The van der Waals surface area contributed by atoms with E-state index in [-0.39, 0.29) is 11.9 Å². The first-order valence-electron chi connectivity index (χ1n) is 8.30. The van der Waals surface area contributed by atoms with Crippen molar-refractivity contribution in [2.24, 2.45) is 0 Å². The van der Waals surface area contributed by atoms with Gasteiger partial charge in [0, 0.05) is 24.8 Å². The van der Waals surface area contributed by atoms with Crippen LogP contribution >= 0.6 is 0 Å². The van der Waals surface area contributed by atoms with Crippen molar-refractivity contribution in [3.05, 3.63) is 29.1 Å². The van der Waals surface area contributed by atoms with Crippen molar-refractivity contribution in [2.45, 2.75) is 65.0 Å². The second-order valence-electron chi connectivity index (χ2n) is 6.34. The van der Waals surface area contributed by atoms with Crippen LogP contribution in [0.1, 0.15) is 63.1 Å². The standard InChI is InChI=1S/C18H29FN2/c1-5-20-14(3)16-12-17(19)13(2)11-18(16)21(4)15-9-7-6-8-10-15/h11-12,14-15,20H,5-10H2,1-4H3. The van der Waals surface area contributed by atoms with Crippen LogP contribution in [0.15, 0.2) is 12.1 Å². The van der Waals surface area contributed by atoms with Crippen LogP contribution in [0.25, 0.3) is 0 Å². The first kappa shape index (κ1) is 16.3. The van der Waals surface area contributed by atoms with Gasteiger partial charge in [-0.2, -0.15) is 0 Å². The molecule has 1 N–H and O–H groups in total. The summed E-state index contributed by atoms with van der Waals surface area (Å²) in [6, 6.07) is 4.51. The topological polar surface area (TPSA) is 15.3 Å². The SMILES string of the molecule is CCNC(C)c1cc(F)c(C)cc1N(C)C1CCCCC1. The molecule has 1 fully saturated rings. The van der Waals surface area contributed by atoms with Gasteiger partial charge < -0.3 is 10.2 Å². The lowest BCUT2D eigenvalue weighted by Gasteiger charge is -2.35. The summed E-state index contributed by atoms with van der Waals surface area (Å²) in [4.78, 5) is 2.38. The summed E-state index contributed by atoms with van der Waals surface area (Å²) in [7, 11) is 2.17. The van der Waals surface area contributed by atoms with Gasteiger partial charge in [-0.15, -0.1) is 0 Å². The Morgan fingerprint density at radius 3 is 2.57 bits per heavy atom. The molecule has 0 spiro atoms. The number of halogens is 1. The highest BCUT2D eigenvalue weighted by Crippen LogP contribution is 2.33. The normalized spacial score (nSPS) is 17.8. The van der Waals surface area contributed by atoms with E-state index in [1.807, 2.05) is 13.0 Å². The Balaban J connectivity index is 2.32. The molecule has 1 aliphatic carbocycles. The molecule has 0 aliphatic heterocycles. The van der Waals surface area contributed by atoms with Crippen LogP contribution < -0.4 is 10.2 Å². The lowest BCUT2D eigenvalue weighted by atomic mass is 9.93. The van der Waals surface area contributed by atoms with Crippen molar-refractivity contribution < 1.29 is 4.39 Å². The highest BCUT2D eigenvalue weighted by Gasteiger charge is 2.22. The molecule has 0 bridgehead atoms. The van der Waals surface area contributed by atoms with Crippen molar-refractivity contribution in [2.75, 3.05) is 18.5 Å². The Bertz CT molecular complexity index is 467. The van der Waals surface area contributed by atoms with Crippen molar-refractivity contribution in [1.29, 1.82) is 0 Å². The molecule has 0 amide bonds. The third-order valence-electron chi connectivity index (χ3n) is 4.79. The summed E-state index contributed by atoms with van der Waals surface area (Å²) in [6.45, 7) is 6.95. The predicted molar refractivity (Wildman–Crippen MR) is 88.5 cm³/mol. The molecule has 1 aromatic rings. The molecule has 1 saturated carbocycles. The van der Waals surface area contributed by atoms with Gasteiger partial charge in [0.05, 0.1) is 0 Å². The lowest BCUT2D eigenvalue weighted by molar-refractivity contribution is 0.426. The quantitative estimate of drug-likeness (QED) is 0.855. The molecule has 21 heavy (non-hydrogen) atoms. The fourth-order valence-corrected chi connectivity index (χ4v) is 3.42. The highest BCUT2D eigenvalue weighted by atomic mass is 19.1. The number of hydrogen-bond acceptors (Lipinski definition) is 2. The maximum absolute atomic E-state index is 14.0. The number of nitrogens with one attached hydrogen (secondary N) is 1. The first-order valence-corrected chi connectivity index (χ1v) is 8.30. The zero-order chi connectivity index (χ0) is 15.4. The van der Waals surface area contributed by atoms with E-state index in [1.165, 1.54) is 37.8 Å². The molecule has 0 radical (unpaired) electrons. The number of anilines is 1. The molecule has 1 aliphatic rings. The summed E-state index contributed by atoms with van der Waals surface area (Å²) in [5.41, 5.74) is 3.00. The minimum absolute atomic E-state index is 0.101. The second-order valence-corrected chi connectivity index (χ2v) is 6.34. The number of rotatable bonds is 5. The number of hydrogen-bond donors (Lipinski definition) is 1. The summed E-state index contributed by atoms with van der Waals surface area (Å²) >= 11 is 0. The van der Waals surface area contributed by atoms with E-state index in [0.717, 1.165) is 17.7 Å². The average Bonchev–Trinajstić information content (AvgIpc) is 2.50. The molecule has 0 heterocycles. The minimum atomic E-state index is -0.101. The molecule has 2 nitrogen and oxygen atoms in total. The summed E-state index contributed by atoms with van der Waals surface area (Å²) < 4.78 is 14.0. The summed E-state index contributed by atoms with van der Waals surface area (Å²) in [6.07, 6.45) is 6.48. The number of nitrogens with zero attached hydrogens (tertiary/aromatic N) is 1. The van der Waals surface area contributed by atoms with E-state index in [9.17, 15) is 4.39 Å². The van der Waals surface area contributed by atoms with Gasteiger partial charge in [-0.3, -0.25) is 0 Å². The molecule has 2 rings (SSSR count). The van der Waals surface area contributed by atoms with E-state index in [4.69, 9.17) is 0 Å². The van der Waals surface area contributed by atoms with Crippen LogP contribution in [0.4, 0.5) is 10.1 Å². The molecule has 0 saturated heterocycles. The Morgan fingerprint density at radius 2 is 1.95 bits per heavy atom. The monoisotopic (exact) mass is 292 g/mol. The summed E-state index contributed by atoms with van der Waals surface area (Å²) in [5, 5.41) is 3.41. The van der Waals surface area contributed by atoms with Gasteiger partial charge in [-0.1, -0.05) is 26.2 Å². The zero-order valence-corrected chi connectivity index (χ0v) is 13.9. The molecule has 3 heteroatoms. The van der Waals surface area contributed by atoms with Gasteiger partial charge in [0.15, 0.2) is 0 Å². The van der Waals surface area contributed by atoms with Crippen molar-refractivity contribution in [1.82, 2.24) is 5.32 Å². The predicted octanol–water partition coefficient (Wildman–Crippen LogP) is 4.57. The van der Waals surface area contributed by atoms with E-state index in [0.29, 0.717) is 6.04 Å². The molecule has 0 aromatic heterocycles. The van der Waals surface area contributed by atoms with Crippen LogP contribution in [0.5, 0.6) is 0 Å². The molecular formula is C18H29FN2. The summed E-state index contributed by atoms with van der Waals surface area (Å²) in [5.74, 6) is -0.101. The van der Waals surface area contributed by atoms with Crippen LogP contribution in [0, 0.1) is 12.7 Å². The molecule has 118 valence electrons. The molecule has 1 unspecified atom stereocenters. The lowest BCUT2D eigenvalue weighted by Crippen LogP contribution is -2.35.